The highest BCUT2D eigenvalue weighted by Gasteiger charge is 2.17. The molecule has 5 heteroatoms. The van der Waals surface area contributed by atoms with E-state index < -0.39 is 24.0 Å². The normalized spacial score (nSPS) is 10.9. The molecule has 128 valence electrons. The number of rotatable bonds is 8. The third-order valence-corrected chi connectivity index (χ3v) is 3.62. The van der Waals surface area contributed by atoms with Crippen LogP contribution in [0.15, 0.2) is 49.1 Å². The van der Waals surface area contributed by atoms with Crippen LogP contribution in [0.25, 0.3) is 11.1 Å². The number of ether oxygens (including phenoxy) is 1. The summed E-state index contributed by atoms with van der Waals surface area (Å²) >= 11 is 0. The molecular weight excluding hydrogens is 320 g/mol. The van der Waals surface area contributed by atoms with Crippen molar-refractivity contribution in [1.29, 1.82) is 0 Å². The second-order valence-electron chi connectivity index (χ2n) is 5.38. The Hall–Kier alpha value is -2.30. The average Bonchev–Trinajstić information content (AvgIpc) is 2.55. The van der Waals surface area contributed by atoms with Crippen LogP contribution in [-0.4, -0.2) is 6.61 Å². The van der Waals surface area contributed by atoms with E-state index in [9.17, 15) is 17.6 Å². The van der Waals surface area contributed by atoms with Gasteiger partial charge in [0.25, 0.3) is 0 Å². The van der Waals surface area contributed by atoms with Gasteiger partial charge in [0.15, 0.2) is 17.4 Å². The Kier molecular flexibility index (Phi) is 6.41. The van der Waals surface area contributed by atoms with Gasteiger partial charge in [0.1, 0.15) is 0 Å². The molecule has 0 saturated carbocycles. The lowest BCUT2D eigenvalue weighted by Gasteiger charge is -2.10. The third kappa shape index (κ3) is 4.85. The third-order valence-electron chi connectivity index (χ3n) is 3.62. The van der Waals surface area contributed by atoms with Gasteiger partial charge in [0.05, 0.1) is 0 Å². The van der Waals surface area contributed by atoms with Gasteiger partial charge in [-0.2, -0.15) is 8.78 Å². The average molecular weight is 338 g/mol. The van der Waals surface area contributed by atoms with Gasteiger partial charge in [-0.05, 0) is 54.5 Å². The highest BCUT2D eigenvalue weighted by atomic mass is 19.3. The summed E-state index contributed by atoms with van der Waals surface area (Å²) < 4.78 is 55.7. The molecule has 0 aliphatic rings. The van der Waals surface area contributed by atoms with E-state index in [0.717, 1.165) is 43.4 Å². The number of benzene rings is 2. The molecule has 2 rings (SSSR count). The fraction of sp³-hybridized carbons (Fsp3) is 0.263. The van der Waals surface area contributed by atoms with Gasteiger partial charge >= 0.3 is 6.61 Å². The van der Waals surface area contributed by atoms with Gasteiger partial charge in [-0.3, -0.25) is 0 Å². The monoisotopic (exact) mass is 338 g/mol. The molecule has 0 aromatic heterocycles. The molecule has 0 aliphatic carbocycles. The van der Waals surface area contributed by atoms with Crippen LogP contribution in [0.4, 0.5) is 17.6 Å². The van der Waals surface area contributed by atoms with E-state index in [-0.39, 0.29) is 5.56 Å². The number of hydrogen-bond acceptors (Lipinski definition) is 1. The molecule has 2 aromatic rings. The first-order valence-electron chi connectivity index (χ1n) is 7.65. The van der Waals surface area contributed by atoms with Gasteiger partial charge in [-0.25, -0.2) is 8.78 Å². The predicted molar refractivity (Wildman–Crippen MR) is 86.2 cm³/mol. The zero-order valence-electron chi connectivity index (χ0n) is 13.1. The summed E-state index contributed by atoms with van der Waals surface area (Å²) in [7, 11) is 0. The lowest BCUT2D eigenvalue weighted by Crippen LogP contribution is -2.06. The van der Waals surface area contributed by atoms with E-state index in [0.29, 0.717) is 5.56 Å². The van der Waals surface area contributed by atoms with Crippen molar-refractivity contribution in [2.24, 2.45) is 0 Å². The zero-order chi connectivity index (χ0) is 17.5. The summed E-state index contributed by atoms with van der Waals surface area (Å²) in [5.74, 6) is -3.37. The summed E-state index contributed by atoms with van der Waals surface area (Å²) in [5.41, 5.74) is 2.00. The summed E-state index contributed by atoms with van der Waals surface area (Å²) in [4.78, 5) is 0. The first-order valence-corrected chi connectivity index (χ1v) is 7.65. The molecule has 2 aromatic carbocycles. The van der Waals surface area contributed by atoms with Gasteiger partial charge in [0, 0.05) is 0 Å². The molecule has 0 N–H and O–H groups in total. The Balaban J connectivity index is 2.12. The molecule has 1 nitrogen and oxygen atoms in total. The van der Waals surface area contributed by atoms with Crippen molar-refractivity contribution < 1.29 is 22.3 Å². The summed E-state index contributed by atoms with van der Waals surface area (Å²) in [6.45, 7) is 0.397. The molecule has 0 unspecified atom stereocenters. The van der Waals surface area contributed by atoms with Crippen LogP contribution >= 0.6 is 0 Å². The van der Waals surface area contributed by atoms with Gasteiger partial charge < -0.3 is 4.74 Å². The molecular formula is C19H18F4O. The summed E-state index contributed by atoms with van der Waals surface area (Å²) in [5, 5.41) is 0. The number of unbranched alkanes of at least 4 members (excludes halogenated alkanes) is 2. The van der Waals surface area contributed by atoms with Crippen LogP contribution in [0.5, 0.6) is 5.75 Å². The summed E-state index contributed by atoms with van der Waals surface area (Å²) in [6, 6.07) is 9.26. The molecule has 0 heterocycles. The molecule has 0 fully saturated rings. The second-order valence-corrected chi connectivity index (χ2v) is 5.38. The molecule has 0 amide bonds. The molecule has 0 saturated heterocycles. The lowest BCUT2D eigenvalue weighted by molar-refractivity contribution is -0.0546. The topological polar surface area (TPSA) is 9.23 Å². The highest BCUT2D eigenvalue weighted by molar-refractivity contribution is 5.65. The molecule has 0 aliphatic heterocycles. The SMILES string of the molecule is C=CCCCCc1ccc(-c2cc(F)c(OC(F)F)c(F)c2)cc1. The van der Waals surface area contributed by atoms with E-state index in [1.807, 2.05) is 18.2 Å². The maximum atomic E-state index is 13.8. The van der Waals surface area contributed by atoms with Crippen LogP contribution in [0.2, 0.25) is 0 Å². The number of allylic oxidation sites excluding steroid dienone is 1. The Morgan fingerprint density at radius 2 is 1.58 bits per heavy atom. The fourth-order valence-corrected chi connectivity index (χ4v) is 2.41. The lowest BCUT2D eigenvalue weighted by atomic mass is 10.0. The number of aryl methyl sites for hydroxylation is 1. The number of halogens is 4. The molecule has 0 radical (unpaired) electrons. The maximum Gasteiger partial charge on any atom is 0.387 e. The van der Waals surface area contributed by atoms with Gasteiger partial charge in [-0.1, -0.05) is 30.3 Å². The molecule has 0 spiro atoms. The minimum absolute atomic E-state index is 0.268. The fourth-order valence-electron chi connectivity index (χ4n) is 2.41. The van der Waals surface area contributed by atoms with E-state index in [1.54, 1.807) is 12.1 Å². The Labute approximate surface area is 138 Å². The van der Waals surface area contributed by atoms with Crippen LogP contribution in [0, 0.1) is 11.6 Å². The van der Waals surface area contributed by atoms with Crippen molar-refractivity contribution in [2.75, 3.05) is 0 Å². The van der Waals surface area contributed by atoms with E-state index in [1.165, 1.54) is 0 Å². The van der Waals surface area contributed by atoms with Crippen molar-refractivity contribution in [3.8, 4) is 16.9 Å². The van der Waals surface area contributed by atoms with E-state index in [4.69, 9.17) is 0 Å². The minimum atomic E-state index is -3.28. The van der Waals surface area contributed by atoms with Gasteiger partial charge in [-0.15, -0.1) is 6.58 Å². The van der Waals surface area contributed by atoms with Crippen LogP contribution in [0.3, 0.4) is 0 Å². The first-order chi connectivity index (χ1) is 11.5. The highest BCUT2D eigenvalue weighted by Crippen LogP contribution is 2.30. The standard InChI is InChI=1S/C19H18F4O/c1-2-3-4-5-6-13-7-9-14(10-8-13)15-11-16(20)18(17(21)12-15)24-19(22)23/h2,7-12,19H,1,3-6H2. The quantitative estimate of drug-likeness (QED) is 0.319. The largest absolute Gasteiger partial charge is 0.429 e. The smallest absolute Gasteiger partial charge is 0.387 e. The van der Waals surface area contributed by atoms with Crippen molar-refractivity contribution in [3.63, 3.8) is 0 Å². The molecule has 24 heavy (non-hydrogen) atoms. The maximum absolute atomic E-state index is 13.8. The van der Waals surface area contributed by atoms with Gasteiger partial charge in [0.2, 0.25) is 0 Å². The van der Waals surface area contributed by atoms with Crippen molar-refractivity contribution in [3.05, 3.63) is 66.3 Å². The number of alkyl halides is 2. The first kappa shape index (κ1) is 18.0. The predicted octanol–water partition coefficient (Wildman–Crippen LogP) is 6.13. The van der Waals surface area contributed by atoms with Crippen LogP contribution in [0.1, 0.15) is 24.8 Å². The van der Waals surface area contributed by atoms with Crippen LogP contribution in [-0.2, 0) is 6.42 Å². The Morgan fingerprint density at radius 1 is 0.958 bits per heavy atom. The van der Waals surface area contributed by atoms with Crippen molar-refractivity contribution >= 4 is 0 Å². The second kappa shape index (κ2) is 8.52. The minimum Gasteiger partial charge on any atom is -0.429 e. The zero-order valence-corrected chi connectivity index (χ0v) is 13.1. The van der Waals surface area contributed by atoms with Crippen molar-refractivity contribution in [2.45, 2.75) is 32.3 Å². The van der Waals surface area contributed by atoms with E-state index in [2.05, 4.69) is 11.3 Å². The summed E-state index contributed by atoms with van der Waals surface area (Å²) in [6.07, 6.45) is 5.87. The molecule has 0 bridgehead atoms. The Morgan fingerprint density at radius 3 is 2.12 bits per heavy atom. The Bertz CT molecular complexity index is 657. The van der Waals surface area contributed by atoms with Crippen molar-refractivity contribution in [1.82, 2.24) is 0 Å². The number of hydrogen-bond donors (Lipinski definition) is 0. The van der Waals surface area contributed by atoms with Crippen LogP contribution < -0.4 is 4.74 Å². The van der Waals surface area contributed by atoms with E-state index >= 15 is 0 Å². The molecule has 0 atom stereocenters.